The zero-order chi connectivity index (χ0) is 21.3. The molecule has 2 heterocycles. The molecule has 0 amide bonds. The zero-order valence-electron chi connectivity index (χ0n) is 17.7. The lowest BCUT2D eigenvalue weighted by atomic mass is 9.74. The summed E-state index contributed by atoms with van der Waals surface area (Å²) in [5.41, 5.74) is 3.36. The van der Waals surface area contributed by atoms with Crippen molar-refractivity contribution in [2.24, 2.45) is 4.99 Å². The molecule has 160 valence electrons. The Labute approximate surface area is 175 Å². The summed E-state index contributed by atoms with van der Waals surface area (Å²) in [4.78, 5) is 13.8. The summed E-state index contributed by atoms with van der Waals surface area (Å²) in [7, 11) is 4.69. The molecule has 0 bridgehead atoms. The number of hydrogen-bond acceptors (Lipinski definition) is 8. The molecule has 2 aliphatic rings. The number of benzene rings is 1. The van der Waals surface area contributed by atoms with Crippen LogP contribution in [0.15, 0.2) is 23.2 Å². The summed E-state index contributed by atoms with van der Waals surface area (Å²) in [6.07, 6.45) is 1.89. The van der Waals surface area contributed by atoms with Crippen molar-refractivity contribution in [3.05, 3.63) is 35.0 Å². The van der Waals surface area contributed by atoms with E-state index in [2.05, 4.69) is 9.97 Å². The first kappa shape index (κ1) is 20.4. The number of aliphatic hydroxyl groups is 1. The largest absolute Gasteiger partial charge is 0.493 e. The van der Waals surface area contributed by atoms with Gasteiger partial charge in [-0.3, -0.25) is 4.99 Å². The Kier molecular flexibility index (Phi) is 5.76. The molecule has 8 nitrogen and oxygen atoms in total. The minimum Gasteiger partial charge on any atom is -0.493 e. The number of fused-ring (bicyclic) bond motifs is 3. The van der Waals surface area contributed by atoms with Crippen LogP contribution < -0.4 is 18.9 Å². The molecular formula is C22H27N3O5. The number of nitrogens with zero attached hydrogens (tertiary/aromatic N) is 3. The highest BCUT2D eigenvalue weighted by Gasteiger charge is 2.37. The molecule has 1 aliphatic carbocycles. The standard InChI is InChI=1S/C22H27N3O5/c1-5-30-19-9-13-14-8-12(26)6-7-16(14)23-21(15(13)10-18(19)27-2)17-11-20(28-3)25-22(24-17)29-4/h9-12,14,16,26H,5-8H2,1-4H3. The van der Waals surface area contributed by atoms with Crippen molar-refractivity contribution in [1.29, 1.82) is 0 Å². The Bertz CT molecular complexity index is 940. The van der Waals surface area contributed by atoms with Crippen LogP contribution in [-0.2, 0) is 0 Å². The van der Waals surface area contributed by atoms with E-state index in [1.54, 1.807) is 20.3 Å². The fourth-order valence-corrected chi connectivity index (χ4v) is 4.30. The van der Waals surface area contributed by atoms with Crippen LogP contribution in [0.1, 0.15) is 48.9 Å². The minimum atomic E-state index is -0.326. The number of aromatic nitrogens is 2. The molecule has 0 saturated heterocycles. The first-order valence-corrected chi connectivity index (χ1v) is 10.2. The van der Waals surface area contributed by atoms with Gasteiger partial charge >= 0.3 is 6.01 Å². The highest BCUT2D eigenvalue weighted by atomic mass is 16.5. The van der Waals surface area contributed by atoms with Crippen LogP contribution in [0.4, 0.5) is 0 Å². The van der Waals surface area contributed by atoms with Crippen LogP contribution in [0.25, 0.3) is 0 Å². The molecule has 1 fully saturated rings. The SMILES string of the molecule is CCOc1cc2c(cc1OC)C(c1cc(OC)nc(OC)n1)=NC1CCC(O)CC21. The van der Waals surface area contributed by atoms with E-state index < -0.39 is 0 Å². The van der Waals surface area contributed by atoms with Gasteiger partial charge in [-0.05, 0) is 43.9 Å². The van der Waals surface area contributed by atoms with Gasteiger partial charge in [-0.25, -0.2) is 0 Å². The van der Waals surface area contributed by atoms with Gasteiger partial charge < -0.3 is 24.1 Å². The highest BCUT2D eigenvalue weighted by Crippen LogP contribution is 2.45. The van der Waals surface area contributed by atoms with Crippen LogP contribution in [0, 0.1) is 0 Å². The van der Waals surface area contributed by atoms with E-state index in [4.69, 9.17) is 23.9 Å². The van der Waals surface area contributed by atoms with Crippen molar-refractivity contribution in [1.82, 2.24) is 9.97 Å². The van der Waals surface area contributed by atoms with Gasteiger partial charge in [0.2, 0.25) is 5.88 Å². The molecule has 1 N–H and O–H groups in total. The van der Waals surface area contributed by atoms with Gasteiger partial charge in [0, 0.05) is 17.5 Å². The first-order chi connectivity index (χ1) is 14.6. The fourth-order valence-electron chi connectivity index (χ4n) is 4.30. The van der Waals surface area contributed by atoms with Gasteiger partial charge in [-0.2, -0.15) is 9.97 Å². The van der Waals surface area contributed by atoms with Gasteiger partial charge in [0.1, 0.15) is 0 Å². The third kappa shape index (κ3) is 3.67. The zero-order valence-corrected chi connectivity index (χ0v) is 17.7. The molecule has 1 aliphatic heterocycles. The molecule has 3 unspecified atom stereocenters. The smallest absolute Gasteiger partial charge is 0.320 e. The number of methoxy groups -OCH3 is 3. The second-order valence-corrected chi connectivity index (χ2v) is 7.42. The highest BCUT2D eigenvalue weighted by molar-refractivity contribution is 6.14. The monoisotopic (exact) mass is 413 g/mol. The Morgan fingerprint density at radius 2 is 1.83 bits per heavy atom. The lowest BCUT2D eigenvalue weighted by Gasteiger charge is -2.37. The normalized spacial score (nSPS) is 22.4. The van der Waals surface area contributed by atoms with Crippen LogP contribution in [0.2, 0.25) is 0 Å². The lowest BCUT2D eigenvalue weighted by Crippen LogP contribution is -2.34. The maximum atomic E-state index is 10.3. The fraction of sp³-hybridized carbons (Fsp3) is 0.500. The number of hydrogen-bond donors (Lipinski definition) is 1. The molecule has 1 aromatic heterocycles. The van der Waals surface area contributed by atoms with Crippen molar-refractivity contribution >= 4 is 5.71 Å². The van der Waals surface area contributed by atoms with Gasteiger partial charge in [0.25, 0.3) is 0 Å². The van der Waals surface area contributed by atoms with Gasteiger partial charge in [-0.1, -0.05) is 0 Å². The first-order valence-electron chi connectivity index (χ1n) is 10.2. The van der Waals surface area contributed by atoms with Gasteiger partial charge in [-0.15, -0.1) is 0 Å². The predicted octanol–water partition coefficient (Wildman–Crippen LogP) is 2.75. The van der Waals surface area contributed by atoms with Crippen LogP contribution in [0.3, 0.4) is 0 Å². The molecule has 8 heteroatoms. The summed E-state index contributed by atoms with van der Waals surface area (Å²) in [6, 6.07) is 6.00. The van der Waals surface area contributed by atoms with Crippen molar-refractivity contribution < 1.29 is 24.1 Å². The van der Waals surface area contributed by atoms with Crippen molar-refractivity contribution in [3.63, 3.8) is 0 Å². The predicted molar refractivity (Wildman–Crippen MR) is 111 cm³/mol. The summed E-state index contributed by atoms with van der Waals surface area (Å²) in [6.45, 7) is 2.48. The quantitative estimate of drug-likeness (QED) is 0.778. The van der Waals surface area contributed by atoms with Crippen molar-refractivity contribution in [3.8, 4) is 23.4 Å². The molecule has 3 atom stereocenters. The Morgan fingerprint density at radius 3 is 2.53 bits per heavy atom. The number of ether oxygens (including phenoxy) is 4. The molecule has 0 spiro atoms. The van der Waals surface area contributed by atoms with E-state index in [-0.39, 0.29) is 24.1 Å². The van der Waals surface area contributed by atoms with E-state index >= 15 is 0 Å². The van der Waals surface area contributed by atoms with Gasteiger partial charge in [0.15, 0.2) is 11.5 Å². The Morgan fingerprint density at radius 1 is 1.00 bits per heavy atom. The average Bonchev–Trinajstić information content (AvgIpc) is 2.78. The van der Waals surface area contributed by atoms with Crippen molar-refractivity contribution in [2.75, 3.05) is 27.9 Å². The lowest BCUT2D eigenvalue weighted by molar-refractivity contribution is 0.111. The van der Waals surface area contributed by atoms with Crippen LogP contribution >= 0.6 is 0 Å². The molecule has 4 rings (SSSR count). The average molecular weight is 413 g/mol. The van der Waals surface area contributed by atoms with E-state index in [1.807, 2.05) is 19.1 Å². The molecule has 0 radical (unpaired) electrons. The second-order valence-electron chi connectivity index (χ2n) is 7.42. The molecule has 2 aromatic rings. The summed E-state index contributed by atoms with van der Waals surface area (Å²) in [5.74, 6) is 1.84. The third-order valence-corrected chi connectivity index (χ3v) is 5.69. The van der Waals surface area contributed by atoms with E-state index in [0.29, 0.717) is 36.1 Å². The summed E-state index contributed by atoms with van der Waals surface area (Å²) in [5, 5.41) is 10.3. The maximum Gasteiger partial charge on any atom is 0.320 e. The van der Waals surface area contributed by atoms with E-state index in [1.165, 1.54) is 7.11 Å². The topological polar surface area (TPSA) is 95.3 Å². The molecular weight excluding hydrogens is 386 g/mol. The third-order valence-electron chi connectivity index (χ3n) is 5.69. The Balaban J connectivity index is 1.90. The molecule has 1 saturated carbocycles. The van der Waals surface area contributed by atoms with Crippen LogP contribution in [0.5, 0.6) is 23.4 Å². The van der Waals surface area contributed by atoms with E-state index in [0.717, 1.165) is 29.7 Å². The molecule has 30 heavy (non-hydrogen) atoms. The summed E-state index contributed by atoms with van der Waals surface area (Å²) >= 11 is 0. The Hall–Kier alpha value is -2.87. The van der Waals surface area contributed by atoms with Crippen LogP contribution in [-0.4, -0.2) is 60.9 Å². The molecule has 1 aromatic carbocycles. The summed E-state index contributed by atoms with van der Waals surface area (Å²) < 4.78 is 22.0. The number of rotatable bonds is 6. The van der Waals surface area contributed by atoms with E-state index in [9.17, 15) is 5.11 Å². The van der Waals surface area contributed by atoms with Gasteiger partial charge in [0.05, 0.1) is 51.5 Å². The number of aliphatic imine (C=N–C) groups is 1. The minimum absolute atomic E-state index is 0.0609. The second kappa shape index (κ2) is 8.47. The maximum absolute atomic E-state index is 10.3. The van der Waals surface area contributed by atoms with Crippen molar-refractivity contribution in [2.45, 2.75) is 44.2 Å². The number of aliphatic hydroxyl groups excluding tert-OH is 1.